The van der Waals surface area contributed by atoms with Gasteiger partial charge in [0.05, 0.1) is 24.0 Å². The van der Waals surface area contributed by atoms with Gasteiger partial charge in [-0.1, -0.05) is 110 Å². The summed E-state index contributed by atoms with van der Waals surface area (Å²) in [4.78, 5) is 14.7. The molecule has 5 N–H and O–H groups in total. The summed E-state index contributed by atoms with van der Waals surface area (Å²) < 4.78 is 43.2. The Morgan fingerprint density at radius 2 is 1.51 bits per heavy atom. The maximum absolute atomic E-state index is 13.2. The van der Waals surface area contributed by atoms with Crippen LogP contribution >= 0.6 is 7.82 Å². The Morgan fingerprint density at radius 1 is 0.898 bits per heavy atom. The van der Waals surface area contributed by atoms with Crippen LogP contribution in [0, 0.1) is 22.7 Å². The standard InChI is InChI=1S/C43H65N6O9P/c1-4-5-6-7-8-9-10-11-12-13-14-15-16-17-18-19-20-21-35(57-34-23-22-33(27-44)38(26-34)56-32(2)3)28-54-59(52,53)55-30-43(29-45)41(51)39(50)40(58-43)36-24-25-37-42(46)47-31-48-49(36)37/h22-26,31-32,35,39-41,50-51H,4-21,28,30H2,1-3H3,(H,52,53)(H2,46,47,48)/t35-,39+,40+,41+,43-/m1/s1. The van der Waals surface area contributed by atoms with Crippen molar-refractivity contribution in [2.24, 2.45) is 0 Å². The van der Waals surface area contributed by atoms with Crippen molar-refractivity contribution in [3.05, 3.63) is 47.9 Å². The van der Waals surface area contributed by atoms with Gasteiger partial charge in [-0.05, 0) is 51.0 Å². The Morgan fingerprint density at radius 3 is 2.08 bits per heavy atom. The lowest BCUT2D eigenvalue weighted by Gasteiger charge is -2.26. The number of nitrogens with two attached hydrogens (primary N) is 1. The predicted octanol–water partition coefficient (Wildman–Crippen LogP) is 8.65. The number of aliphatic hydroxyl groups excluding tert-OH is 2. The van der Waals surface area contributed by atoms with E-state index >= 15 is 0 Å². The van der Waals surface area contributed by atoms with Crippen LogP contribution in [0.15, 0.2) is 36.7 Å². The van der Waals surface area contributed by atoms with Crippen LogP contribution in [0.1, 0.15) is 154 Å². The van der Waals surface area contributed by atoms with E-state index in [1.165, 1.54) is 94.3 Å². The van der Waals surface area contributed by atoms with Crippen molar-refractivity contribution in [3.63, 3.8) is 0 Å². The first-order valence-corrected chi connectivity index (χ1v) is 23.0. The average molecular weight is 841 g/mol. The van der Waals surface area contributed by atoms with Crippen molar-refractivity contribution < 1.29 is 42.9 Å². The number of unbranched alkanes of at least 4 members (excludes halogenated alkanes) is 16. The summed E-state index contributed by atoms with van der Waals surface area (Å²) in [5.74, 6) is 0.920. The number of phosphoric acid groups is 1. The molecular weight excluding hydrogens is 775 g/mol. The third-order valence-electron chi connectivity index (χ3n) is 10.7. The smallest absolute Gasteiger partial charge is 0.472 e. The van der Waals surface area contributed by atoms with Gasteiger partial charge in [0.25, 0.3) is 0 Å². The summed E-state index contributed by atoms with van der Waals surface area (Å²) in [5, 5.41) is 45.7. The van der Waals surface area contributed by atoms with Crippen molar-refractivity contribution in [3.8, 4) is 23.6 Å². The number of benzene rings is 1. The Balaban J connectivity index is 1.27. The Labute approximate surface area is 349 Å². The molecule has 3 aromatic rings. The number of nitrogen functional groups attached to an aromatic ring is 1. The van der Waals surface area contributed by atoms with Gasteiger partial charge in [0.1, 0.15) is 66.5 Å². The van der Waals surface area contributed by atoms with Crippen molar-refractivity contribution in [2.45, 2.75) is 172 Å². The average Bonchev–Trinajstić information content (AvgIpc) is 3.76. The fraction of sp³-hybridized carbons (Fsp3) is 0.674. The first kappa shape index (κ1) is 47.9. The first-order valence-electron chi connectivity index (χ1n) is 21.5. The molecule has 1 unspecified atom stereocenters. The van der Waals surface area contributed by atoms with Gasteiger partial charge < -0.3 is 35.1 Å². The molecule has 2 aromatic heterocycles. The van der Waals surface area contributed by atoms with Crippen LogP contribution in [0.25, 0.3) is 5.52 Å². The lowest BCUT2D eigenvalue weighted by molar-refractivity contribution is -0.0750. The summed E-state index contributed by atoms with van der Waals surface area (Å²) in [6.07, 6.45) is 17.2. The highest BCUT2D eigenvalue weighted by Gasteiger charge is 2.57. The Kier molecular flexibility index (Phi) is 19.9. The number of nitrogens with zero attached hydrogens (tertiary/aromatic N) is 5. The van der Waals surface area contributed by atoms with Crippen LogP contribution in [-0.2, 0) is 18.3 Å². The molecule has 326 valence electrons. The number of aromatic nitrogens is 3. The minimum atomic E-state index is -4.86. The second-order valence-corrected chi connectivity index (χ2v) is 17.3. The van der Waals surface area contributed by atoms with E-state index in [9.17, 15) is 30.2 Å². The van der Waals surface area contributed by atoms with Crippen LogP contribution in [0.5, 0.6) is 11.5 Å². The van der Waals surface area contributed by atoms with Crippen LogP contribution in [0.3, 0.4) is 0 Å². The number of ether oxygens (including phenoxy) is 3. The van der Waals surface area contributed by atoms with E-state index in [1.54, 1.807) is 30.3 Å². The van der Waals surface area contributed by atoms with E-state index in [2.05, 4.69) is 23.1 Å². The van der Waals surface area contributed by atoms with E-state index in [0.717, 1.165) is 25.7 Å². The van der Waals surface area contributed by atoms with Gasteiger partial charge in [-0.2, -0.15) is 15.6 Å². The molecule has 1 aliphatic rings. The highest BCUT2D eigenvalue weighted by molar-refractivity contribution is 7.47. The quantitative estimate of drug-likeness (QED) is 0.0379. The molecule has 0 saturated carbocycles. The third-order valence-corrected chi connectivity index (χ3v) is 11.6. The van der Waals surface area contributed by atoms with Gasteiger partial charge in [-0.25, -0.2) is 14.1 Å². The molecule has 0 spiro atoms. The van der Waals surface area contributed by atoms with Crippen LogP contribution in [0.4, 0.5) is 5.82 Å². The topological polar surface area (TPSA) is 228 Å². The van der Waals surface area contributed by atoms with Gasteiger partial charge in [0.15, 0.2) is 5.82 Å². The molecule has 16 heteroatoms. The van der Waals surface area contributed by atoms with Gasteiger partial charge in [-0.15, -0.1) is 0 Å². The molecule has 6 atom stereocenters. The molecule has 0 amide bonds. The normalized spacial score (nSPS) is 20.7. The fourth-order valence-corrected chi connectivity index (χ4v) is 8.14. The van der Waals surface area contributed by atoms with Crippen LogP contribution in [0.2, 0.25) is 0 Å². The molecule has 15 nitrogen and oxygen atoms in total. The number of fused-ring (bicyclic) bond motifs is 1. The second kappa shape index (κ2) is 24.5. The molecule has 0 bridgehead atoms. The number of aliphatic hydroxyl groups is 2. The number of anilines is 1. The van der Waals surface area contributed by atoms with E-state index < -0.39 is 44.4 Å². The van der Waals surface area contributed by atoms with Gasteiger partial charge >= 0.3 is 7.82 Å². The molecule has 1 fully saturated rings. The van der Waals surface area contributed by atoms with Gasteiger partial charge in [0, 0.05) is 6.07 Å². The van der Waals surface area contributed by atoms with Crippen LogP contribution < -0.4 is 15.2 Å². The van der Waals surface area contributed by atoms with E-state index in [0.29, 0.717) is 29.0 Å². The summed E-state index contributed by atoms with van der Waals surface area (Å²) in [6.45, 7) is 4.71. The number of hydrogen-bond donors (Lipinski definition) is 4. The predicted molar refractivity (Wildman–Crippen MR) is 223 cm³/mol. The number of hydrogen-bond acceptors (Lipinski definition) is 13. The van der Waals surface area contributed by atoms with Gasteiger partial charge in [0.2, 0.25) is 5.60 Å². The first-order chi connectivity index (χ1) is 28.4. The molecule has 4 rings (SSSR count). The summed E-state index contributed by atoms with van der Waals surface area (Å²) in [6, 6.07) is 11.9. The maximum Gasteiger partial charge on any atom is 0.472 e. The fourth-order valence-electron chi connectivity index (χ4n) is 7.35. The summed E-state index contributed by atoms with van der Waals surface area (Å²) in [7, 11) is -4.86. The van der Waals surface area contributed by atoms with Crippen molar-refractivity contribution >= 4 is 19.2 Å². The highest BCUT2D eigenvalue weighted by atomic mass is 31.2. The molecular formula is C43H65N6O9P. The minimum absolute atomic E-state index is 0.170. The lowest BCUT2D eigenvalue weighted by Crippen LogP contribution is -2.45. The Bertz CT molecular complexity index is 1850. The molecule has 1 aliphatic heterocycles. The summed E-state index contributed by atoms with van der Waals surface area (Å²) in [5.41, 5.74) is 4.74. The lowest BCUT2D eigenvalue weighted by atomic mass is 9.96. The number of rotatable bonds is 29. The zero-order valence-electron chi connectivity index (χ0n) is 35.0. The van der Waals surface area contributed by atoms with E-state index in [1.807, 2.05) is 19.9 Å². The van der Waals surface area contributed by atoms with E-state index in [-0.39, 0.29) is 24.2 Å². The largest absolute Gasteiger partial charge is 0.489 e. The van der Waals surface area contributed by atoms with E-state index in [4.69, 9.17) is 29.0 Å². The van der Waals surface area contributed by atoms with Crippen molar-refractivity contribution in [2.75, 3.05) is 18.9 Å². The molecule has 1 aromatic carbocycles. The molecule has 0 aliphatic carbocycles. The molecule has 59 heavy (non-hydrogen) atoms. The van der Waals surface area contributed by atoms with Crippen molar-refractivity contribution in [1.29, 1.82) is 10.5 Å². The third kappa shape index (κ3) is 14.7. The SMILES string of the molecule is CCCCCCCCCCCCCCCCCCC[C@H](COP(=O)(O)OC[C@@]1(C#N)O[C@@H](c2ccc3c(N)ncnn23)[C@H](O)[C@@H]1O)Oc1ccc(C#N)c(OC(C)C)c1. The minimum Gasteiger partial charge on any atom is -0.489 e. The zero-order chi connectivity index (χ0) is 42.7. The monoisotopic (exact) mass is 840 g/mol. The summed E-state index contributed by atoms with van der Waals surface area (Å²) >= 11 is 0. The highest BCUT2D eigenvalue weighted by Crippen LogP contribution is 2.48. The number of nitriles is 2. The molecule has 3 heterocycles. The van der Waals surface area contributed by atoms with Crippen LogP contribution in [-0.4, -0.2) is 72.9 Å². The molecule has 1 saturated heterocycles. The number of phosphoric ester groups is 1. The molecule has 0 radical (unpaired) electrons. The van der Waals surface area contributed by atoms with Crippen molar-refractivity contribution in [1.82, 2.24) is 14.6 Å². The Hall–Kier alpha value is -3.79. The maximum atomic E-state index is 13.2. The van der Waals surface area contributed by atoms with Gasteiger partial charge in [-0.3, -0.25) is 9.05 Å². The zero-order valence-corrected chi connectivity index (χ0v) is 35.9. The second-order valence-electron chi connectivity index (χ2n) is 15.8.